The zero-order valence-corrected chi connectivity index (χ0v) is 9.78. The molecule has 1 aromatic rings. The lowest BCUT2D eigenvalue weighted by Crippen LogP contribution is -2.23. The summed E-state index contributed by atoms with van der Waals surface area (Å²) in [4.78, 5) is 0. The van der Waals surface area contributed by atoms with E-state index in [1.165, 1.54) is 12.1 Å². The maximum atomic E-state index is 13.2. The van der Waals surface area contributed by atoms with E-state index in [0.29, 0.717) is 18.0 Å². The molecule has 4 heteroatoms. The fourth-order valence-corrected chi connectivity index (χ4v) is 2.17. The van der Waals surface area contributed by atoms with E-state index < -0.39 is 11.6 Å². The molecular formula is C11H12BrF2N. The van der Waals surface area contributed by atoms with Crippen molar-refractivity contribution in [1.29, 1.82) is 0 Å². The first-order valence-corrected chi connectivity index (χ1v) is 5.83. The highest BCUT2D eigenvalue weighted by molar-refractivity contribution is 9.10. The van der Waals surface area contributed by atoms with Gasteiger partial charge in [-0.1, -0.05) is 0 Å². The molecule has 1 nitrogen and oxygen atoms in total. The van der Waals surface area contributed by atoms with Crippen molar-refractivity contribution in [2.75, 3.05) is 6.54 Å². The molecule has 1 unspecified atom stereocenters. The van der Waals surface area contributed by atoms with Crippen molar-refractivity contribution in [3.63, 3.8) is 0 Å². The molecule has 0 aromatic heterocycles. The molecule has 1 atom stereocenters. The van der Waals surface area contributed by atoms with E-state index in [1.54, 1.807) is 0 Å². The molecule has 0 spiro atoms. The molecule has 1 saturated heterocycles. The van der Waals surface area contributed by atoms with Crippen LogP contribution in [0.4, 0.5) is 8.78 Å². The zero-order chi connectivity index (χ0) is 10.8. The fourth-order valence-electron chi connectivity index (χ4n) is 1.94. The van der Waals surface area contributed by atoms with Gasteiger partial charge in [0, 0.05) is 6.04 Å². The minimum absolute atomic E-state index is 0.0781. The van der Waals surface area contributed by atoms with E-state index in [1.807, 2.05) is 0 Å². The summed E-state index contributed by atoms with van der Waals surface area (Å²) in [7, 11) is 0. The van der Waals surface area contributed by atoms with Gasteiger partial charge in [0.25, 0.3) is 0 Å². The van der Waals surface area contributed by atoms with Crippen LogP contribution in [0.25, 0.3) is 0 Å². The topological polar surface area (TPSA) is 12.0 Å². The molecule has 0 aliphatic carbocycles. The quantitative estimate of drug-likeness (QED) is 0.819. The summed E-state index contributed by atoms with van der Waals surface area (Å²) < 4.78 is 26.3. The first kappa shape index (κ1) is 11.0. The highest BCUT2D eigenvalue weighted by atomic mass is 79.9. The number of benzene rings is 1. The van der Waals surface area contributed by atoms with Crippen molar-refractivity contribution >= 4 is 15.9 Å². The maximum absolute atomic E-state index is 13.2. The molecule has 1 heterocycles. The monoisotopic (exact) mass is 275 g/mol. The van der Waals surface area contributed by atoms with Crippen molar-refractivity contribution in [3.05, 3.63) is 33.8 Å². The molecule has 0 radical (unpaired) electrons. The first-order valence-electron chi connectivity index (χ1n) is 5.03. The average molecular weight is 276 g/mol. The van der Waals surface area contributed by atoms with Crippen LogP contribution in [-0.4, -0.2) is 12.6 Å². The lowest BCUT2D eigenvalue weighted by Gasteiger charge is -2.10. The van der Waals surface area contributed by atoms with Gasteiger partial charge in [-0.3, -0.25) is 0 Å². The highest BCUT2D eigenvalue weighted by Crippen LogP contribution is 2.22. The molecule has 0 saturated carbocycles. The minimum atomic E-state index is -0.525. The predicted octanol–water partition coefficient (Wildman–Crippen LogP) is 3.02. The molecule has 0 bridgehead atoms. The van der Waals surface area contributed by atoms with Crippen LogP contribution in [0.3, 0.4) is 0 Å². The summed E-state index contributed by atoms with van der Waals surface area (Å²) in [6.45, 7) is 1.01. The van der Waals surface area contributed by atoms with Crippen LogP contribution < -0.4 is 5.32 Å². The summed E-state index contributed by atoms with van der Waals surface area (Å²) >= 11 is 2.86. The van der Waals surface area contributed by atoms with Crippen LogP contribution in [0.2, 0.25) is 0 Å². The van der Waals surface area contributed by atoms with Gasteiger partial charge in [0.1, 0.15) is 11.6 Å². The second-order valence-electron chi connectivity index (χ2n) is 3.87. The number of hydrogen-bond donors (Lipinski definition) is 1. The Morgan fingerprint density at radius 3 is 2.53 bits per heavy atom. The number of rotatable bonds is 2. The first-order chi connectivity index (χ1) is 7.16. The van der Waals surface area contributed by atoms with E-state index in [-0.39, 0.29) is 4.47 Å². The Labute approximate surface area is 96.0 Å². The van der Waals surface area contributed by atoms with Crippen molar-refractivity contribution in [1.82, 2.24) is 5.32 Å². The highest BCUT2D eigenvalue weighted by Gasteiger charge is 2.16. The van der Waals surface area contributed by atoms with Crippen LogP contribution in [0.1, 0.15) is 18.4 Å². The fraction of sp³-hybridized carbons (Fsp3) is 0.455. The minimum Gasteiger partial charge on any atom is -0.314 e. The lowest BCUT2D eigenvalue weighted by molar-refractivity contribution is 0.557. The van der Waals surface area contributed by atoms with Crippen LogP contribution in [0.5, 0.6) is 0 Å². The van der Waals surface area contributed by atoms with E-state index in [4.69, 9.17) is 0 Å². The van der Waals surface area contributed by atoms with E-state index in [0.717, 1.165) is 19.4 Å². The average Bonchev–Trinajstić information content (AvgIpc) is 2.66. The predicted molar refractivity (Wildman–Crippen MR) is 58.8 cm³/mol. The van der Waals surface area contributed by atoms with Crippen LogP contribution in [0, 0.1) is 11.6 Å². The molecule has 1 fully saturated rings. The summed E-state index contributed by atoms with van der Waals surface area (Å²) in [5.41, 5.74) is 0.715. The van der Waals surface area contributed by atoms with Crippen LogP contribution in [0.15, 0.2) is 16.6 Å². The molecule has 1 N–H and O–H groups in total. The normalized spacial score (nSPS) is 20.9. The van der Waals surface area contributed by atoms with Gasteiger partial charge in [-0.25, -0.2) is 8.78 Å². The van der Waals surface area contributed by atoms with Gasteiger partial charge in [-0.15, -0.1) is 0 Å². The van der Waals surface area contributed by atoms with Crippen molar-refractivity contribution in [2.45, 2.75) is 25.3 Å². The van der Waals surface area contributed by atoms with Gasteiger partial charge in [0.2, 0.25) is 0 Å². The van der Waals surface area contributed by atoms with Gasteiger partial charge < -0.3 is 5.32 Å². The molecule has 82 valence electrons. The van der Waals surface area contributed by atoms with Gasteiger partial charge in [0.15, 0.2) is 0 Å². The third-order valence-corrected chi connectivity index (χ3v) is 3.45. The molecule has 0 amide bonds. The molecule has 15 heavy (non-hydrogen) atoms. The summed E-state index contributed by atoms with van der Waals surface area (Å²) in [6, 6.07) is 3.16. The van der Waals surface area contributed by atoms with Crippen molar-refractivity contribution in [3.8, 4) is 0 Å². The molecular weight excluding hydrogens is 264 g/mol. The summed E-state index contributed by atoms with van der Waals surface area (Å²) in [6.07, 6.45) is 2.92. The molecule has 2 rings (SSSR count). The summed E-state index contributed by atoms with van der Waals surface area (Å²) in [5, 5.41) is 3.30. The van der Waals surface area contributed by atoms with Crippen molar-refractivity contribution < 1.29 is 8.78 Å². The van der Waals surface area contributed by atoms with Crippen LogP contribution in [-0.2, 0) is 6.42 Å². The van der Waals surface area contributed by atoms with E-state index >= 15 is 0 Å². The Bertz CT molecular complexity index is 339. The van der Waals surface area contributed by atoms with Gasteiger partial charge in [-0.2, -0.15) is 0 Å². The van der Waals surface area contributed by atoms with Gasteiger partial charge in [-0.05, 0) is 59.4 Å². The largest absolute Gasteiger partial charge is 0.314 e. The Morgan fingerprint density at radius 2 is 2.00 bits per heavy atom. The number of nitrogens with one attached hydrogen (secondary N) is 1. The Kier molecular flexibility index (Phi) is 3.36. The third-order valence-electron chi connectivity index (χ3n) is 2.69. The Hall–Kier alpha value is -0.480. The van der Waals surface area contributed by atoms with Crippen LogP contribution >= 0.6 is 15.9 Å². The molecule has 1 aliphatic heterocycles. The molecule has 1 aromatic carbocycles. The Balaban J connectivity index is 2.14. The second-order valence-corrected chi connectivity index (χ2v) is 4.66. The Morgan fingerprint density at radius 1 is 1.33 bits per heavy atom. The SMILES string of the molecule is Fc1cc(CC2CCCN2)cc(F)c1Br. The zero-order valence-electron chi connectivity index (χ0n) is 8.19. The maximum Gasteiger partial charge on any atom is 0.140 e. The van der Waals surface area contributed by atoms with E-state index in [9.17, 15) is 8.78 Å². The van der Waals surface area contributed by atoms with Gasteiger partial charge in [0.05, 0.1) is 4.47 Å². The van der Waals surface area contributed by atoms with Crippen molar-refractivity contribution in [2.24, 2.45) is 0 Å². The standard InChI is InChI=1S/C11H12BrF2N/c12-11-9(13)5-7(6-10(11)14)4-8-2-1-3-15-8/h5-6,8,15H,1-4H2. The van der Waals surface area contributed by atoms with Gasteiger partial charge >= 0.3 is 0 Å². The summed E-state index contributed by atoms with van der Waals surface area (Å²) in [5.74, 6) is -1.05. The second kappa shape index (κ2) is 4.58. The number of halogens is 3. The smallest absolute Gasteiger partial charge is 0.140 e. The molecule has 1 aliphatic rings. The third kappa shape index (κ3) is 2.55. The number of hydrogen-bond acceptors (Lipinski definition) is 1. The van der Waals surface area contributed by atoms with E-state index in [2.05, 4.69) is 21.2 Å². The lowest BCUT2D eigenvalue weighted by atomic mass is 10.0.